The van der Waals surface area contributed by atoms with Crippen LogP contribution in [0.25, 0.3) is 0 Å². The van der Waals surface area contributed by atoms with E-state index in [1.807, 2.05) is 12.1 Å². The van der Waals surface area contributed by atoms with Crippen LogP contribution in [0.3, 0.4) is 0 Å². The summed E-state index contributed by atoms with van der Waals surface area (Å²) < 4.78 is 0. The van der Waals surface area contributed by atoms with E-state index in [2.05, 4.69) is 36.1 Å². The minimum atomic E-state index is 0.0867. The van der Waals surface area contributed by atoms with Gasteiger partial charge in [0.1, 0.15) is 18.0 Å². The smallest absolute Gasteiger partial charge is 0.179 e. The lowest BCUT2D eigenvalue weighted by atomic mass is 10.1. The molecule has 5 nitrogen and oxygen atoms in total. The second kappa shape index (κ2) is 6.56. The molecule has 5 heteroatoms. The first-order valence-corrected chi connectivity index (χ1v) is 6.07. The van der Waals surface area contributed by atoms with Gasteiger partial charge in [-0.25, -0.2) is 9.97 Å². The van der Waals surface area contributed by atoms with Crippen LogP contribution in [0.2, 0.25) is 0 Å². The van der Waals surface area contributed by atoms with Crippen LogP contribution in [0.5, 0.6) is 0 Å². The number of hydrogen-bond donors (Lipinski definition) is 1. The minimum absolute atomic E-state index is 0.0867. The SMILES string of the molecule is CCCNc1nc(C#N)c(C#N)nc1CC(C)C. The molecule has 0 aliphatic carbocycles. The average Bonchev–Trinajstić information content (AvgIpc) is 2.36. The zero-order valence-corrected chi connectivity index (χ0v) is 11.0. The number of nitriles is 2. The second-order valence-electron chi connectivity index (χ2n) is 4.46. The van der Waals surface area contributed by atoms with Crippen LogP contribution in [-0.4, -0.2) is 16.5 Å². The number of nitrogens with zero attached hydrogens (tertiary/aromatic N) is 4. The molecule has 0 aliphatic rings. The molecule has 0 atom stereocenters. The van der Waals surface area contributed by atoms with Crippen molar-refractivity contribution in [1.29, 1.82) is 10.5 Å². The van der Waals surface area contributed by atoms with Gasteiger partial charge in [-0.15, -0.1) is 0 Å². The fourth-order valence-corrected chi connectivity index (χ4v) is 1.54. The Hall–Kier alpha value is -2.14. The number of rotatable bonds is 5. The molecule has 0 bridgehead atoms. The minimum Gasteiger partial charge on any atom is -0.369 e. The Morgan fingerprint density at radius 1 is 1.17 bits per heavy atom. The van der Waals surface area contributed by atoms with Crippen molar-refractivity contribution in [3.63, 3.8) is 0 Å². The summed E-state index contributed by atoms with van der Waals surface area (Å²) in [6.07, 6.45) is 1.70. The number of hydrogen-bond acceptors (Lipinski definition) is 5. The van der Waals surface area contributed by atoms with Gasteiger partial charge < -0.3 is 5.32 Å². The van der Waals surface area contributed by atoms with Crippen LogP contribution >= 0.6 is 0 Å². The molecule has 0 unspecified atom stereocenters. The molecule has 1 N–H and O–H groups in total. The Labute approximate surface area is 107 Å². The predicted molar refractivity (Wildman–Crippen MR) is 68.8 cm³/mol. The van der Waals surface area contributed by atoms with Crippen LogP contribution < -0.4 is 5.32 Å². The Bertz CT molecular complexity index is 493. The highest BCUT2D eigenvalue weighted by Crippen LogP contribution is 2.17. The number of aromatic nitrogens is 2. The van der Waals surface area contributed by atoms with Crippen LogP contribution in [0.1, 0.15) is 44.3 Å². The molecule has 0 amide bonds. The quantitative estimate of drug-likeness (QED) is 0.857. The number of nitrogens with one attached hydrogen (secondary N) is 1. The molecule has 1 aromatic heterocycles. The molecule has 0 radical (unpaired) electrons. The standard InChI is InChI=1S/C13H17N5/c1-4-5-16-13-10(6-9(2)3)17-11(7-14)12(8-15)18-13/h9H,4-6H2,1-3H3,(H,16,18). The van der Waals surface area contributed by atoms with Crippen molar-refractivity contribution in [1.82, 2.24) is 9.97 Å². The summed E-state index contributed by atoms with van der Waals surface area (Å²) >= 11 is 0. The summed E-state index contributed by atoms with van der Waals surface area (Å²) in [4.78, 5) is 8.44. The molecular weight excluding hydrogens is 226 g/mol. The maximum Gasteiger partial charge on any atom is 0.179 e. The molecule has 0 spiro atoms. The zero-order chi connectivity index (χ0) is 13.5. The summed E-state index contributed by atoms with van der Waals surface area (Å²) in [5, 5.41) is 21.1. The third kappa shape index (κ3) is 3.43. The van der Waals surface area contributed by atoms with Crippen molar-refractivity contribution in [2.24, 2.45) is 5.92 Å². The van der Waals surface area contributed by atoms with E-state index in [9.17, 15) is 0 Å². The number of anilines is 1. The Morgan fingerprint density at radius 2 is 1.78 bits per heavy atom. The summed E-state index contributed by atoms with van der Waals surface area (Å²) in [7, 11) is 0. The van der Waals surface area contributed by atoms with Crippen molar-refractivity contribution >= 4 is 5.82 Å². The van der Waals surface area contributed by atoms with Gasteiger partial charge in [-0.1, -0.05) is 20.8 Å². The van der Waals surface area contributed by atoms with Gasteiger partial charge in [0.2, 0.25) is 0 Å². The Balaban J connectivity index is 3.19. The van der Waals surface area contributed by atoms with E-state index >= 15 is 0 Å². The van der Waals surface area contributed by atoms with E-state index in [0.717, 1.165) is 25.1 Å². The van der Waals surface area contributed by atoms with Gasteiger partial charge in [-0.05, 0) is 18.8 Å². The lowest BCUT2D eigenvalue weighted by Crippen LogP contribution is -2.12. The highest BCUT2D eigenvalue weighted by molar-refractivity contribution is 5.47. The normalized spacial score (nSPS) is 9.89. The fourth-order valence-electron chi connectivity index (χ4n) is 1.54. The van der Waals surface area contributed by atoms with Crippen molar-refractivity contribution in [3.8, 4) is 12.1 Å². The fraction of sp³-hybridized carbons (Fsp3) is 0.538. The zero-order valence-electron chi connectivity index (χ0n) is 11.0. The maximum atomic E-state index is 8.95. The molecular formula is C13H17N5. The summed E-state index contributed by atoms with van der Waals surface area (Å²) in [6.45, 7) is 6.99. The molecule has 1 aromatic rings. The van der Waals surface area contributed by atoms with Crippen LogP contribution in [-0.2, 0) is 6.42 Å². The van der Waals surface area contributed by atoms with E-state index in [-0.39, 0.29) is 11.4 Å². The Kier molecular flexibility index (Phi) is 5.07. The average molecular weight is 243 g/mol. The van der Waals surface area contributed by atoms with Gasteiger partial charge in [-0.3, -0.25) is 0 Å². The van der Waals surface area contributed by atoms with Crippen LogP contribution in [0, 0.1) is 28.6 Å². The lowest BCUT2D eigenvalue weighted by molar-refractivity contribution is 0.633. The van der Waals surface area contributed by atoms with Crippen molar-refractivity contribution in [2.75, 3.05) is 11.9 Å². The van der Waals surface area contributed by atoms with Gasteiger partial charge >= 0.3 is 0 Å². The first kappa shape index (κ1) is 13.9. The second-order valence-corrected chi connectivity index (χ2v) is 4.46. The van der Waals surface area contributed by atoms with Gasteiger partial charge in [0.15, 0.2) is 11.4 Å². The summed E-state index contributed by atoms with van der Waals surface area (Å²) in [6, 6.07) is 3.83. The first-order valence-electron chi connectivity index (χ1n) is 6.07. The van der Waals surface area contributed by atoms with E-state index in [1.54, 1.807) is 0 Å². The molecule has 1 rings (SSSR count). The molecule has 0 fully saturated rings. The maximum absolute atomic E-state index is 8.95. The van der Waals surface area contributed by atoms with E-state index < -0.39 is 0 Å². The molecule has 0 saturated carbocycles. The van der Waals surface area contributed by atoms with Gasteiger partial charge in [-0.2, -0.15) is 10.5 Å². The lowest BCUT2D eigenvalue weighted by Gasteiger charge is -2.12. The third-order valence-electron chi connectivity index (χ3n) is 2.32. The molecule has 0 aromatic carbocycles. The highest BCUT2D eigenvalue weighted by atomic mass is 15.0. The van der Waals surface area contributed by atoms with Crippen molar-refractivity contribution in [3.05, 3.63) is 17.1 Å². The largest absolute Gasteiger partial charge is 0.369 e. The van der Waals surface area contributed by atoms with E-state index in [4.69, 9.17) is 10.5 Å². The topological polar surface area (TPSA) is 85.4 Å². The Morgan fingerprint density at radius 3 is 2.28 bits per heavy atom. The highest BCUT2D eigenvalue weighted by Gasteiger charge is 2.14. The van der Waals surface area contributed by atoms with Crippen LogP contribution in [0.15, 0.2) is 0 Å². The molecule has 18 heavy (non-hydrogen) atoms. The molecule has 0 aliphatic heterocycles. The van der Waals surface area contributed by atoms with Gasteiger partial charge in [0.25, 0.3) is 0 Å². The molecule has 0 saturated heterocycles. The summed E-state index contributed by atoms with van der Waals surface area (Å²) in [5.41, 5.74) is 0.952. The third-order valence-corrected chi connectivity index (χ3v) is 2.32. The van der Waals surface area contributed by atoms with Gasteiger partial charge in [0.05, 0.1) is 5.69 Å². The van der Waals surface area contributed by atoms with E-state index in [1.165, 1.54) is 0 Å². The predicted octanol–water partition coefficient (Wildman–Crippen LogP) is 2.24. The monoisotopic (exact) mass is 243 g/mol. The van der Waals surface area contributed by atoms with Crippen molar-refractivity contribution in [2.45, 2.75) is 33.6 Å². The van der Waals surface area contributed by atoms with E-state index in [0.29, 0.717) is 11.7 Å². The summed E-state index contributed by atoms with van der Waals surface area (Å²) in [5.74, 6) is 1.04. The molecule has 94 valence electrons. The van der Waals surface area contributed by atoms with Gasteiger partial charge in [0, 0.05) is 6.54 Å². The van der Waals surface area contributed by atoms with Crippen LogP contribution in [0.4, 0.5) is 5.82 Å². The molecule has 1 heterocycles. The first-order chi connectivity index (χ1) is 8.62. The van der Waals surface area contributed by atoms with Crippen molar-refractivity contribution < 1.29 is 0 Å².